The van der Waals surface area contributed by atoms with Crippen LogP contribution in [-0.2, 0) is 19.5 Å². The molecule has 6 nitrogen and oxygen atoms in total. The van der Waals surface area contributed by atoms with Crippen LogP contribution in [0.3, 0.4) is 0 Å². The topological polar surface area (TPSA) is 47.0 Å². The van der Waals surface area contributed by atoms with Gasteiger partial charge < -0.3 is 20.0 Å². The summed E-state index contributed by atoms with van der Waals surface area (Å²) in [5.74, 6) is 2.07. The Morgan fingerprint density at radius 3 is 2.66 bits per heavy atom. The van der Waals surface area contributed by atoms with Crippen LogP contribution in [-0.4, -0.2) is 67.1 Å². The van der Waals surface area contributed by atoms with Gasteiger partial charge in [0.15, 0.2) is 5.96 Å². The number of benzene rings is 1. The zero-order valence-electron chi connectivity index (χ0n) is 17.6. The van der Waals surface area contributed by atoms with Gasteiger partial charge in [-0.15, -0.1) is 0 Å². The predicted molar refractivity (Wildman–Crippen MR) is 119 cm³/mol. The number of hydrogen-bond acceptors (Lipinski definition) is 4. The zero-order chi connectivity index (χ0) is 20.1. The van der Waals surface area contributed by atoms with Crippen LogP contribution in [0.4, 0.5) is 5.82 Å². The third-order valence-corrected chi connectivity index (χ3v) is 5.81. The summed E-state index contributed by atoms with van der Waals surface area (Å²) in [6, 6.07) is 13.0. The monoisotopic (exact) mass is 392 g/mol. The second-order valence-corrected chi connectivity index (χ2v) is 7.92. The molecule has 3 heterocycles. The number of anilines is 1. The summed E-state index contributed by atoms with van der Waals surface area (Å²) in [7, 11) is 2.18. The van der Waals surface area contributed by atoms with Gasteiger partial charge in [0, 0.05) is 52.0 Å². The summed E-state index contributed by atoms with van der Waals surface area (Å²) in [4.78, 5) is 16.7. The molecule has 4 rings (SSSR count). The van der Waals surface area contributed by atoms with Gasteiger partial charge in [0.05, 0.1) is 6.54 Å². The number of likely N-dealkylation sites (N-methyl/N-ethyl adjacent to an activating group) is 1. The Labute approximate surface area is 174 Å². The van der Waals surface area contributed by atoms with Crippen LogP contribution in [0.1, 0.15) is 23.6 Å². The second kappa shape index (κ2) is 9.27. The first-order valence-corrected chi connectivity index (χ1v) is 10.7. The van der Waals surface area contributed by atoms with E-state index < -0.39 is 0 Å². The fourth-order valence-electron chi connectivity index (χ4n) is 4.04. The molecule has 2 aliphatic heterocycles. The van der Waals surface area contributed by atoms with E-state index in [-0.39, 0.29) is 0 Å². The average Bonchev–Trinajstić information content (AvgIpc) is 2.77. The van der Waals surface area contributed by atoms with Gasteiger partial charge in [-0.3, -0.25) is 0 Å². The average molecular weight is 393 g/mol. The Bertz CT molecular complexity index is 841. The smallest absolute Gasteiger partial charge is 0.194 e. The molecule has 154 valence electrons. The summed E-state index contributed by atoms with van der Waals surface area (Å²) in [5, 5.41) is 3.48. The standard InChI is InChI=1S/C23H32N6/c1-3-24-23(29-11-9-20-6-4-5-7-21(20)18-29)26-17-19-8-10-25-22(16-19)28-14-12-27(2)13-15-28/h4-8,10,16H,3,9,11-15,17-18H2,1-2H3,(H,24,26). The summed E-state index contributed by atoms with van der Waals surface area (Å²) < 4.78 is 0. The molecule has 1 saturated heterocycles. The maximum atomic E-state index is 4.96. The highest BCUT2D eigenvalue weighted by Gasteiger charge is 2.19. The normalized spacial score (nSPS) is 17.9. The van der Waals surface area contributed by atoms with Gasteiger partial charge in [-0.25, -0.2) is 9.98 Å². The molecule has 0 bridgehead atoms. The van der Waals surface area contributed by atoms with Crippen molar-refractivity contribution in [2.75, 3.05) is 51.2 Å². The van der Waals surface area contributed by atoms with Crippen molar-refractivity contribution in [3.8, 4) is 0 Å². The number of hydrogen-bond donors (Lipinski definition) is 1. The number of nitrogens with zero attached hydrogens (tertiary/aromatic N) is 5. The number of aliphatic imine (C=N–C) groups is 1. The highest BCUT2D eigenvalue weighted by molar-refractivity contribution is 5.80. The predicted octanol–water partition coefficient (Wildman–Crippen LogP) is 2.36. The van der Waals surface area contributed by atoms with Gasteiger partial charge in [-0.2, -0.15) is 0 Å². The van der Waals surface area contributed by atoms with E-state index in [1.54, 1.807) is 0 Å². The fraction of sp³-hybridized carbons (Fsp3) is 0.478. The van der Waals surface area contributed by atoms with Gasteiger partial charge in [0.2, 0.25) is 0 Å². The number of fused-ring (bicyclic) bond motifs is 1. The summed E-state index contributed by atoms with van der Waals surface area (Å²) in [6.07, 6.45) is 2.99. The van der Waals surface area contributed by atoms with Crippen LogP contribution >= 0.6 is 0 Å². The molecule has 0 amide bonds. The molecule has 0 saturated carbocycles. The minimum Gasteiger partial charge on any atom is -0.356 e. The molecule has 0 spiro atoms. The molecule has 1 fully saturated rings. The van der Waals surface area contributed by atoms with Gasteiger partial charge in [0.25, 0.3) is 0 Å². The second-order valence-electron chi connectivity index (χ2n) is 7.92. The lowest BCUT2D eigenvalue weighted by Gasteiger charge is -2.33. The number of pyridine rings is 1. The van der Waals surface area contributed by atoms with E-state index in [9.17, 15) is 0 Å². The van der Waals surface area contributed by atoms with Crippen molar-refractivity contribution < 1.29 is 0 Å². The van der Waals surface area contributed by atoms with Crippen molar-refractivity contribution in [2.24, 2.45) is 4.99 Å². The molecule has 0 aliphatic carbocycles. The molecule has 1 aromatic carbocycles. The number of nitrogens with one attached hydrogen (secondary N) is 1. The largest absolute Gasteiger partial charge is 0.356 e. The van der Waals surface area contributed by atoms with Gasteiger partial charge in [-0.1, -0.05) is 24.3 Å². The third kappa shape index (κ3) is 4.88. The Morgan fingerprint density at radius 2 is 1.86 bits per heavy atom. The minimum atomic E-state index is 0.670. The fourth-order valence-corrected chi connectivity index (χ4v) is 4.04. The highest BCUT2D eigenvalue weighted by atomic mass is 15.3. The quantitative estimate of drug-likeness (QED) is 0.639. The summed E-state index contributed by atoms with van der Waals surface area (Å²) in [5.41, 5.74) is 4.08. The lowest BCUT2D eigenvalue weighted by atomic mass is 10.0. The van der Waals surface area contributed by atoms with E-state index in [1.807, 2.05) is 6.20 Å². The maximum absolute atomic E-state index is 4.96. The van der Waals surface area contributed by atoms with Crippen LogP contribution in [0.15, 0.2) is 47.6 Å². The first-order chi connectivity index (χ1) is 14.2. The molecule has 0 radical (unpaired) electrons. The van der Waals surface area contributed by atoms with E-state index in [0.29, 0.717) is 6.54 Å². The molecule has 6 heteroatoms. The lowest BCUT2D eigenvalue weighted by Crippen LogP contribution is -2.44. The summed E-state index contributed by atoms with van der Waals surface area (Å²) in [6.45, 7) is 9.85. The number of aromatic nitrogens is 1. The maximum Gasteiger partial charge on any atom is 0.194 e. The van der Waals surface area contributed by atoms with Crippen LogP contribution < -0.4 is 10.2 Å². The minimum absolute atomic E-state index is 0.670. The Morgan fingerprint density at radius 1 is 1.07 bits per heavy atom. The van der Waals surface area contributed by atoms with Crippen LogP contribution in [0.2, 0.25) is 0 Å². The molecule has 29 heavy (non-hydrogen) atoms. The number of rotatable bonds is 4. The van der Waals surface area contributed by atoms with E-state index >= 15 is 0 Å². The zero-order valence-corrected chi connectivity index (χ0v) is 17.6. The Balaban J connectivity index is 1.45. The van der Waals surface area contributed by atoms with Crippen molar-refractivity contribution >= 4 is 11.8 Å². The molecule has 1 N–H and O–H groups in total. The Kier molecular flexibility index (Phi) is 6.30. The van der Waals surface area contributed by atoms with Crippen LogP contribution in [0, 0.1) is 0 Å². The van der Waals surface area contributed by atoms with Crippen molar-refractivity contribution in [1.82, 2.24) is 20.1 Å². The molecular weight excluding hydrogens is 360 g/mol. The first-order valence-electron chi connectivity index (χ1n) is 10.7. The Hall–Kier alpha value is -2.60. The highest BCUT2D eigenvalue weighted by Crippen LogP contribution is 2.19. The van der Waals surface area contributed by atoms with Crippen molar-refractivity contribution in [3.63, 3.8) is 0 Å². The van der Waals surface area contributed by atoms with E-state index in [4.69, 9.17) is 4.99 Å². The van der Waals surface area contributed by atoms with Crippen LogP contribution in [0.5, 0.6) is 0 Å². The first kappa shape index (κ1) is 19.7. The molecule has 2 aromatic rings. The third-order valence-electron chi connectivity index (χ3n) is 5.81. The molecule has 0 atom stereocenters. The van der Waals surface area contributed by atoms with Gasteiger partial charge in [-0.05, 0) is 49.2 Å². The molecular formula is C23H32N6. The molecule has 0 unspecified atom stereocenters. The van der Waals surface area contributed by atoms with Crippen LogP contribution in [0.25, 0.3) is 0 Å². The van der Waals surface area contributed by atoms with Gasteiger partial charge >= 0.3 is 0 Å². The van der Waals surface area contributed by atoms with Gasteiger partial charge in [0.1, 0.15) is 5.82 Å². The number of piperazine rings is 1. The van der Waals surface area contributed by atoms with E-state index in [2.05, 4.69) is 75.4 Å². The van der Waals surface area contributed by atoms with E-state index in [1.165, 1.54) is 16.7 Å². The molecule has 1 aromatic heterocycles. The van der Waals surface area contributed by atoms with E-state index in [0.717, 1.165) is 64.0 Å². The van der Waals surface area contributed by atoms with Crippen molar-refractivity contribution in [3.05, 3.63) is 59.3 Å². The lowest BCUT2D eigenvalue weighted by molar-refractivity contribution is 0.312. The summed E-state index contributed by atoms with van der Waals surface area (Å²) >= 11 is 0. The number of guanidine groups is 1. The SMILES string of the molecule is CCNC(=NCc1ccnc(N2CCN(C)CC2)c1)N1CCc2ccccc2C1. The molecule has 2 aliphatic rings. The van der Waals surface area contributed by atoms with Crippen molar-refractivity contribution in [2.45, 2.75) is 26.4 Å². The van der Waals surface area contributed by atoms with Crippen molar-refractivity contribution in [1.29, 1.82) is 0 Å².